The zero-order valence-electron chi connectivity index (χ0n) is 20.3. The van der Waals surface area contributed by atoms with Gasteiger partial charge in [-0.2, -0.15) is 0 Å². The number of anilines is 1. The third-order valence-electron chi connectivity index (χ3n) is 6.90. The van der Waals surface area contributed by atoms with E-state index in [1.807, 2.05) is 25.2 Å². The van der Waals surface area contributed by atoms with E-state index in [0.29, 0.717) is 28.5 Å². The summed E-state index contributed by atoms with van der Waals surface area (Å²) in [6.07, 6.45) is 6.75. The molecule has 1 aliphatic rings. The van der Waals surface area contributed by atoms with Gasteiger partial charge in [0.05, 0.1) is 11.0 Å². The number of benzene rings is 1. The van der Waals surface area contributed by atoms with Crippen molar-refractivity contribution in [1.29, 1.82) is 0 Å². The fourth-order valence-electron chi connectivity index (χ4n) is 4.73. The molecule has 3 aromatic rings. The summed E-state index contributed by atoms with van der Waals surface area (Å²) in [5, 5.41) is 6.15. The van der Waals surface area contributed by atoms with Crippen molar-refractivity contribution < 1.29 is 9.53 Å². The number of fused-ring (bicyclic) bond motifs is 1. The molecule has 0 atom stereocenters. The zero-order valence-corrected chi connectivity index (χ0v) is 20.3. The summed E-state index contributed by atoms with van der Waals surface area (Å²) in [5.74, 6) is 3.39. The molecule has 1 aromatic carbocycles. The number of nitrogens with zero attached hydrogens (tertiary/aromatic N) is 3. The van der Waals surface area contributed by atoms with Crippen LogP contribution in [0.5, 0.6) is 11.5 Å². The van der Waals surface area contributed by atoms with Gasteiger partial charge in [-0.1, -0.05) is 20.8 Å². The maximum atomic E-state index is 11.8. The van der Waals surface area contributed by atoms with Crippen LogP contribution in [-0.2, 0) is 7.05 Å². The number of aryl methyl sites for hydroxylation is 1. The van der Waals surface area contributed by atoms with Crippen LogP contribution in [0.15, 0.2) is 36.5 Å². The third-order valence-corrected chi connectivity index (χ3v) is 6.90. The molecular formula is C26H35N5O2. The van der Waals surface area contributed by atoms with Crippen molar-refractivity contribution in [2.45, 2.75) is 46.5 Å². The smallest absolute Gasteiger partial charge is 0.269 e. The number of pyridine rings is 1. The van der Waals surface area contributed by atoms with Crippen molar-refractivity contribution >= 4 is 22.9 Å². The molecule has 2 aromatic heterocycles. The summed E-state index contributed by atoms with van der Waals surface area (Å²) in [7, 11) is 3.61. The Bertz CT molecular complexity index is 1120. The van der Waals surface area contributed by atoms with E-state index >= 15 is 0 Å². The minimum absolute atomic E-state index is 0.247. The average Bonchev–Trinajstić information content (AvgIpc) is 3.11. The number of imidazole rings is 1. The topological polar surface area (TPSA) is 81.1 Å². The van der Waals surface area contributed by atoms with E-state index in [2.05, 4.69) is 41.0 Å². The minimum atomic E-state index is -0.247. The first kappa shape index (κ1) is 23.1. The van der Waals surface area contributed by atoms with Gasteiger partial charge in [0, 0.05) is 39.0 Å². The van der Waals surface area contributed by atoms with Crippen LogP contribution in [-0.4, -0.2) is 34.0 Å². The maximum Gasteiger partial charge on any atom is 0.269 e. The van der Waals surface area contributed by atoms with Crippen molar-refractivity contribution in [2.24, 2.45) is 24.3 Å². The highest BCUT2D eigenvalue weighted by molar-refractivity contribution is 5.92. The van der Waals surface area contributed by atoms with Gasteiger partial charge in [0.1, 0.15) is 17.2 Å². The van der Waals surface area contributed by atoms with Crippen LogP contribution in [0.1, 0.15) is 56.9 Å². The van der Waals surface area contributed by atoms with Gasteiger partial charge in [-0.25, -0.2) is 4.98 Å². The number of rotatable bonds is 6. The number of nitrogens with one attached hydrogen (secondary N) is 2. The number of hydrogen-bond donors (Lipinski definition) is 2. The van der Waals surface area contributed by atoms with E-state index in [-0.39, 0.29) is 5.91 Å². The molecule has 0 bridgehead atoms. The Labute approximate surface area is 196 Å². The van der Waals surface area contributed by atoms with Crippen LogP contribution in [0.25, 0.3) is 11.0 Å². The second kappa shape index (κ2) is 9.41. The molecule has 176 valence electrons. The lowest BCUT2D eigenvalue weighted by Crippen LogP contribution is -2.28. The van der Waals surface area contributed by atoms with Crippen LogP contribution in [0.2, 0.25) is 0 Å². The van der Waals surface area contributed by atoms with E-state index < -0.39 is 0 Å². The molecule has 1 amide bonds. The summed E-state index contributed by atoms with van der Waals surface area (Å²) < 4.78 is 8.07. The highest BCUT2D eigenvalue weighted by Crippen LogP contribution is 2.39. The Kier molecular flexibility index (Phi) is 6.58. The summed E-state index contributed by atoms with van der Waals surface area (Å²) in [6, 6.07) is 9.22. The van der Waals surface area contributed by atoms with Gasteiger partial charge < -0.3 is 19.9 Å². The van der Waals surface area contributed by atoms with Crippen LogP contribution in [0.3, 0.4) is 0 Å². The lowest BCUT2D eigenvalue weighted by atomic mass is 9.70. The molecular weight excluding hydrogens is 414 g/mol. The first-order valence-electron chi connectivity index (χ1n) is 11.8. The first-order valence-corrected chi connectivity index (χ1v) is 11.8. The molecule has 0 aliphatic heterocycles. The molecule has 7 heteroatoms. The third kappa shape index (κ3) is 5.29. The number of hydrogen-bond acceptors (Lipinski definition) is 5. The normalized spacial score (nSPS) is 18.8. The van der Waals surface area contributed by atoms with Crippen molar-refractivity contribution in [1.82, 2.24) is 19.9 Å². The Balaban J connectivity index is 1.41. The quantitative estimate of drug-likeness (QED) is 0.528. The number of ether oxygens (including phenoxy) is 1. The largest absolute Gasteiger partial charge is 0.457 e. The number of amides is 1. The molecule has 0 saturated heterocycles. The van der Waals surface area contributed by atoms with Gasteiger partial charge in [0.25, 0.3) is 5.91 Å². The number of carbonyl (C=O) groups is 1. The Morgan fingerprint density at radius 1 is 1.12 bits per heavy atom. The monoisotopic (exact) mass is 449 g/mol. The second-order valence-electron chi connectivity index (χ2n) is 10.2. The number of carbonyl (C=O) groups excluding carboxylic acids is 1. The zero-order chi connectivity index (χ0) is 23.6. The molecule has 1 saturated carbocycles. The van der Waals surface area contributed by atoms with Crippen LogP contribution < -0.4 is 15.4 Å². The minimum Gasteiger partial charge on any atom is -0.457 e. The van der Waals surface area contributed by atoms with Crippen molar-refractivity contribution in [3.63, 3.8) is 0 Å². The predicted octanol–water partition coefficient (Wildman–Crippen LogP) is 5.38. The lowest BCUT2D eigenvalue weighted by molar-refractivity contribution is 0.0958. The van der Waals surface area contributed by atoms with E-state index in [0.717, 1.165) is 29.4 Å². The highest BCUT2D eigenvalue weighted by Gasteiger charge is 2.29. The average molecular weight is 450 g/mol. The molecule has 33 heavy (non-hydrogen) atoms. The Morgan fingerprint density at radius 2 is 1.85 bits per heavy atom. The molecule has 1 fully saturated rings. The van der Waals surface area contributed by atoms with Crippen LogP contribution >= 0.6 is 0 Å². The van der Waals surface area contributed by atoms with Crippen molar-refractivity contribution in [3.05, 3.63) is 42.2 Å². The van der Waals surface area contributed by atoms with E-state index in [1.165, 1.54) is 25.7 Å². The second-order valence-corrected chi connectivity index (χ2v) is 10.2. The summed E-state index contributed by atoms with van der Waals surface area (Å²) in [4.78, 5) is 20.7. The first-order chi connectivity index (χ1) is 15.7. The highest BCUT2D eigenvalue weighted by atomic mass is 16.5. The molecule has 1 aliphatic carbocycles. The summed E-state index contributed by atoms with van der Waals surface area (Å²) >= 11 is 0. The fourth-order valence-corrected chi connectivity index (χ4v) is 4.73. The van der Waals surface area contributed by atoms with Gasteiger partial charge in [-0.3, -0.25) is 9.78 Å². The van der Waals surface area contributed by atoms with E-state index in [4.69, 9.17) is 9.72 Å². The van der Waals surface area contributed by atoms with Crippen LogP contribution in [0, 0.1) is 17.3 Å². The van der Waals surface area contributed by atoms with Crippen molar-refractivity contribution in [2.75, 3.05) is 18.9 Å². The van der Waals surface area contributed by atoms with Crippen LogP contribution in [0.4, 0.5) is 5.95 Å². The molecule has 2 heterocycles. The summed E-state index contributed by atoms with van der Waals surface area (Å²) in [6.45, 7) is 8.05. The Morgan fingerprint density at radius 3 is 2.55 bits per heavy atom. The molecule has 0 spiro atoms. The molecule has 4 rings (SSSR count). The molecule has 0 unspecified atom stereocenters. The summed E-state index contributed by atoms with van der Waals surface area (Å²) in [5.41, 5.74) is 2.64. The molecule has 2 N–H and O–H groups in total. The van der Waals surface area contributed by atoms with Gasteiger partial charge in [-0.05, 0) is 61.1 Å². The molecule has 7 nitrogen and oxygen atoms in total. The SMILES string of the molecule is CNC(=O)c1cc(Oc2ccc3c(c2)nc(NCC2CCC(C(C)(C)C)CC2)n3C)ccn1. The predicted molar refractivity (Wildman–Crippen MR) is 132 cm³/mol. The van der Waals surface area contributed by atoms with Crippen molar-refractivity contribution in [3.8, 4) is 11.5 Å². The van der Waals surface area contributed by atoms with Gasteiger partial charge in [-0.15, -0.1) is 0 Å². The van der Waals surface area contributed by atoms with E-state index in [1.54, 1.807) is 25.4 Å². The van der Waals surface area contributed by atoms with Gasteiger partial charge in [0.15, 0.2) is 0 Å². The van der Waals surface area contributed by atoms with Gasteiger partial charge >= 0.3 is 0 Å². The van der Waals surface area contributed by atoms with E-state index in [9.17, 15) is 4.79 Å². The Hall–Kier alpha value is -3.09. The fraction of sp³-hybridized carbons (Fsp3) is 0.500. The standard InChI is InChI=1S/C26H35N5O2/c1-26(2,3)18-8-6-17(7-9-18)16-29-25-30-21-14-19(10-11-23(21)31(25)5)33-20-12-13-28-22(15-20)24(32)27-4/h10-15,17-18H,6-9,16H2,1-5H3,(H,27,32)(H,29,30). The molecule has 0 radical (unpaired) electrons. The lowest BCUT2D eigenvalue weighted by Gasteiger charge is -2.37. The van der Waals surface area contributed by atoms with Gasteiger partial charge in [0.2, 0.25) is 5.95 Å². The number of aromatic nitrogens is 3. The maximum absolute atomic E-state index is 11.8.